The molecule has 0 atom stereocenters. The maximum Gasteiger partial charge on any atom is 0.338 e. The van der Waals surface area contributed by atoms with Crippen LogP contribution in [-0.2, 0) is 17.7 Å². The number of hydrogen-bond donors (Lipinski definition) is 2. The minimum atomic E-state index is -0.342. The Morgan fingerprint density at radius 1 is 1.00 bits per heavy atom. The second kappa shape index (κ2) is 11.3. The van der Waals surface area contributed by atoms with Crippen LogP contribution in [-0.4, -0.2) is 29.8 Å². The number of ether oxygens (including phenoxy) is 2. The number of methoxy groups -OCH3 is 1. The van der Waals surface area contributed by atoms with Crippen LogP contribution in [0, 0.1) is 0 Å². The van der Waals surface area contributed by atoms with Crippen LogP contribution >= 0.6 is 12.2 Å². The summed E-state index contributed by atoms with van der Waals surface area (Å²) in [6, 6.07) is 20.6. The first-order valence-corrected chi connectivity index (χ1v) is 10.9. The van der Waals surface area contributed by atoms with Crippen molar-refractivity contribution < 1.29 is 19.4 Å². The number of esters is 1. The Bertz CT molecular complexity index is 1080. The predicted octanol–water partition coefficient (Wildman–Crippen LogP) is 5.02. The van der Waals surface area contributed by atoms with Gasteiger partial charge in [0.1, 0.15) is 4.99 Å². The van der Waals surface area contributed by atoms with Gasteiger partial charge in [0.2, 0.25) is 0 Å². The van der Waals surface area contributed by atoms with E-state index in [1.54, 1.807) is 24.3 Å². The summed E-state index contributed by atoms with van der Waals surface area (Å²) in [6.07, 6.45) is 1.32. The van der Waals surface area contributed by atoms with Gasteiger partial charge in [-0.2, -0.15) is 0 Å². The molecule has 0 saturated carbocycles. The lowest BCUT2D eigenvalue weighted by Crippen LogP contribution is -2.24. The quantitative estimate of drug-likeness (QED) is 0.353. The van der Waals surface area contributed by atoms with E-state index in [4.69, 9.17) is 21.7 Å². The van der Waals surface area contributed by atoms with Crippen LogP contribution in [0.5, 0.6) is 11.5 Å². The highest BCUT2D eigenvalue weighted by molar-refractivity contribution is 7.80. The molecule has 0 bridgehead atoms. The number of phenolic OH excluding ortho intramolecular Hbond substituents is 1. The fourth-order valence-corrected chi connectivity index (χ4v) is 3.63. The second-order valence-electron chi connectivity index (χ2n) is 7.32. The summed E-state index contributed by atoms with van der Waals surface area (Å²) in [5, 5.41) is 13.1. The molecule has 0 unspecified atom stereocenters. The van der Waals surface area contributed by atoms with Crippen LogP contribution in [0.1, 0.15) is 46.0 Å². The molecule has 5 nitrogen and oxygen atoms in total. The Balaban J connectivity index is 1.88. The summed E-state index contributed by atoms with van der Waals surface area (Å²) in [6.45, 7) is 2.79. The first kappa shape index (κ1) is 23.3. The normalized spacial score (nSPS) is 10.4. The number of thiocarbonyl (C=S) groups is 1. The number of carbonyl (C=O) groups excluding carboxylic acids is 1. The molecule has 0 aliphatic carbocycles. The highest BCUT2D eigenvalue weighted by atomic mass is 32.1. The smallest absolute Gasteiger partial charge is 0.338 e. The van der Waals surface area contributed by atoms with Crippen molar-refractivity contribution in [2.75, 3.05) is 13.7 Å². The SMILES string of the molecule is CCCOC(=O)c1cccc(C(=S)NCc2ccc(O)c(OC)c2)c1Cc1ccccc1. The third kappa shape index (κ3) is 5.86. The zero-order chi connectivity index (χ0) is 22.9. The van der Waals surface area contributed by atoms with Crippen molar-refractivity contribution in [3.63, 3.8) is 0 Å². The van der Waals surface area contributed by atoms with E-state index >= 15 is 0 Å². The molecular weight excluding hydrogens is 422 g/mol. The van der Waals surface area contributed by atoms with E-state index < -0.39 is 0 Å². The van der Waals surface area contributed by atoms with Gasteiger partial charge in [-0.1, -0.05) is 67.7 Å². The lowest BCUT2D eigenvalue weighted by molar-refractivity contribution is 0.0504. The molecule has 0 aromatic heterocycles. The van der Waals surface area contributed by atoms with E-state index in [1.165, 1.54) is 7.11 Å². The van der Waals surface area contributed by atoms with Gasteiger partial charge >= 0.3 is 5.97 Å². The van der Waals surface area contributed by atoms with E-state index in [0.29, 0.717) is 35.9 Å². The van der Waals surface area contributed by atoms with E-state index in [0.717, 1.165) is 28.7 Å². The largest absolute Gasteiger partial charge is 0.504 e. The Kier molecular flexibility index (Phi) is 8.22. The molecule has 6 heteroatoms. The monoisotopic (exact) mass is 449 g/mol. The summed E-state index contributed by atoms with van der Waals surface area (Å²) in [5.74, 6) is 0.147. The number of nitrogens with one attached hydrogen (secondary N) is 1. The molecule has 32 heavy (non-hydrogen) atoms. The van der Waals surface area contributed by atoms with Gasteiger partial charge in [-0.05, 0) is 47.7 Å². The molecule has 0 heterocycles. The molecule has 166 valence electrons. The van der Waals surface area contributed by atoms with Crippen LogP contribution in [0.15, 0.2) is 66.7 Å². The first-order valence-electron chi connectivity index (χ1n) is 10.5. The molecule has 0 amide bonds. The predicted molar refractivity (Wildman–Crippen MR) is 129 cm³/mol. The van der Waals surface area contributed by atoms with Gasteiger partial charge in [-0.25, -0.2) is 4.79 Å². The van der Waals surface area contributed by atoms with Crippen LogP contribution in [0.2, 0.25) is 0 Å². The molecule has 0 saturated heterocycles. The fraction of sp³-hybridized carbons (Fsp3) is 0.231. The Labute approximate surface area is 194 Å². The number of benzene rings is 3. The fourth-order valence-electron chi connectivity index (χ4n) is 3.36. The van der Waals surface area contributed by atoms with Crippen molar-refractivity contribution in [3.8, 4) is 11.5 Å². The molecule has 2 N–H and O–H groups in total. The molecule has 0 aliphatic heterocycles. The summed E-state index contributed by atoms with van der Waals surface area (Å²) in [5.41, 5.74) is 4.14. The van der Waals surface area contributed by atoms with Gasteiger partial charge in [0.25, 0.3) is 0 Å². The Morgan fingerprint density at radius 2 is 1.75 bits per heavy atom. The Hall–Kier alpha value is -3.38. The number of phenols is 1. The minimum Gasteiger partial charge on any atom is -0.504 e. The van der Waals surface area contributed by atoms with Crippen LogP contribution in [0.25, 0.3) is 0 Å². The maximum absolute atomic E-state index is 12.7. The van der Waals surface area contributed by atoms with Gasteiger partial charge in [-0.15, -0.1) is 0 Å². The molecule has 3 rings (SSSR count). The molecule has 3 aromatic rings. The zero-order valence-corrected chi connectivity index (χ0v) is 19.1. The number of aromatic hydroxyl groups is 1. The first-order chi connectivity index (χ1) is 15.5. The van der Waals surface area contributed by atoms with Crippen molar-refractivity contribution >= 4 is 23.2 Å². The average Bonchev–Trinajstić information content (AvgIpc) is 2.82. The van der Waals surface area contributed by atoms with Gasteiger partial charge in [0.05, 0.1) is 19.3 Å². The highest BCUT2D eigenvalue weighted by Gasteiger charge is 2.19. The van der Waals surface area contributed by atoms with Gasteiger partial charge in [-0.3, -0.25) is 0 Å². The van der Waals surface area contributed by atoms with Gasteiger partial charge in [0, 0.05) is 12.1 Å². The molecule has 3 aromatic carbocycles. The summed E-state index contributed by atoms with van der Waals surface area (Å²) >= 11 is 5.70. The number of carbonyl (C=O) groups is 1. The topological polar surface area (TPSA) is 67.8 Å². The van der Waals surface area contributed by atoms with Crippen molar-refractivity contribution in [2.45, 2.75) is 26.3 Å². The van der Waals surface area contributed by atoms with Crippen LogP contribution < -0.4 is 10.1 Å². The van der Waals surface area contributed by atoms with E-state index in [-0.39, 0.29) is 11.7 Å². The third-order valence-electron chi connectivity index (χ3n) is 5.00. The van der Waals surface area contributed by atoms with E-state index in [2.05, 4.69) is 5.32 Å². The molecular formula is C26H27NO4S. The lowest BCUT2D eigenvalue weighted by Gasteiger charge is -2.17. The molecule has 0 spiro atoms. The second-order valence-corrected chi connectivity index (χ2v) is 7.73. The van der Waals surface area contributed by atoms with Gasteiger partial charge < -0.3 is 19.9 Å². The minimum absolute atomic E-state index is 0.0854. The van der Waals surface area contributed by atoms with E-state index in [1.807, 2.05) is 49.4 Å². The molecule has 0 fully saturated rings. The van der Waals surface area contributed by atoms with Crippen molar-refractivity contribution in [1.82, 2.24) is 5.32 Å². The third-order valence-corrected chi connectivity index (χ3v) is 5.36. The van der Waals surface area contributed by atoms with Crippen molar-refractivity contribution in [3.05, 3.63) is 94.5 Å². The lowest BCUT2D eigenvalue weighted by atomic mass is 9.94. The summed E-state index contributed by atoms with van der Waals surface area (Å²) < 4.78 is 10.6. The van der Waals surface area contributed by atoms with E-state index in [9.17, 15) is 9.90 Å². The van der Waals surface area contributed by atoms with Crippen molar-refractivity contribution in [2.24, 2.45) is 0 Å². The summed E-state index contributed by atoms with van der Waals surface area (Å²) in [7, 11) is 1.51. The highest BCUT2D eigenvalue weighted by Crippen LogP contribution is 2.26. The summed E-state index contributed by atoms with van der Waals surface area (Å²) in [4.78, 5) is 13.3. The zero-order valence-electron chi connectivity index (χ0n) is 18.3. The number of hydrogen-bond acceptors (Lipinski definition) is 5. The standard InChI is InChI=1S/C26H27NO4S/c1-3-14-31-26(29)21-11-7-10-20(22(21)15-18-8-5-4-6-9-18)25(32)27-17-19-12-13-23(28)24(16-19)30-2/h4-13,16,28H,3,14-15,17H2,1-2H3,(H,27,32). The molecule has 0 radical (unpaired) electrons. The average molecular weight is 450 g/mol. The van der Waals surface area contributed by atoms with Crippen LogP contribution in [0.3, 0.4) is 0 Å². The maximum atomic E-state index is 12.7. The van der Waals surface area contributed by atoms with Crippen molar-refractivity contribution in [1.29, 1.82) is 0 Å². The number of rotatable bonds is 9. The Morgan fingerprint density at radius 3 is 2.47 bits per heavy atom. The van der Waals surface area contributed by atoms with Gasteiger partial charge in [0.15, 0.2) is 11.5 Å². The molecule has 0 aliphatic rings. The van der Waals surface area contributed by atoms with Crippen LogP contribution in [0.4, 0.5) is 0 Å².